The number of anilines is 1. The van der Waals surface area contributed by atoms with Gasteiger partial charge in [0.15, 0.2) is 0 Å². The quantitative estimate of drug-likeness (QED) is 0.772. The summed E-state index contributed by atoms with van der Waals surface area (Å²) in [6.45, 7) is 0.593. The zero-order chi connectivity index (χ0) is 17.3. The Morgan fingerprint density at radius 2 is 1.68 bits per heavy atom. The van der Waals surface area contributed by atoms with Crippen LogP contribution in [-0.4, -0.2) is 18.8 Å². The van der Waals surface area contributed by atoms with Crippen LogP contribution < -0.4 is 4.90 Å². The number of nitrogens with zero attached hydrogens (tertiary/aromatic N) is 1. The van der Waals surface area contributed by atoms with Crippen molar-refractivity contribution in [2.24, 2.45) is 0 Å². The molecule has 0 bridgehead atoms. The zero-order valence-corrected chi connectivity index (χ0v) is 14.2. The van der Waals surface area contributed by atoms with Gasteiger partial charge in [0.2, 0.25) is 5.91 Å². The summed E-state index contributed by atoms with van der Waals surface area (Å²) in [7, 11) is 1.66. The molecule has 1 heterocycles. The van der Waals surface area contributed by atoms with E-state index in [-0.39, 0.29) is 11.3 Å². The second-order valence-electron chi connectivity index (χ2n) is 6.47. The van der Waals surface area contributed by atoms with Gasteiger partial charge in [-0.1, -0.05) is 60.7 Å². The van der Waals surface area contributed by atoms with Gasteiger partial charge in [-0.15, -0.1) is 0 Å². The van der Waals surface area contributed by atoms with Crippen molar-refractivity contribution in [3.63, 3.8) is 0 Å². The molecule has 2 aliphatic rings. The maximum absolute atomic E-state index is 13.0. The molecule has 0 saturated carbocycles. The number of amides is 1. The fraction of sp³-hybridized carbons (Fsp3) is 0.182. The van der Waals surface area contributed by atoms with Crippen LogP contribution in [0.15, 0.2) is 78.9 Å². The second-order valence-corrected chi connectivity index (χ2v) is 6.47. The minimum absolute atomic E-state index is 0.137. The number of para-hydroxylation sites is 1. The highest BCUT2D eigenvalue weighted by atomic mass is 16.4. The van der Waals surface area contributed by atoms with E-state index < -0.39 is 0 Å². The first kappa shape index (κ1) is 15.6. The minimum Gasteiger partial charge on any atom is -0.308 e. The molecule has 4 rings (SSSR count). The lowest BCUT2D eigenvalue weighted by atomic mass is 9.71. The Morgan fingerprint density at radius 1 is 1.00 bits per heavy atom. The lowest BCUT2D eigenvalue weighted by molar-refractivity contribution is -0.417. The van der Waals surface area contributed by atoms with Crippen molar-refractivity contribution in [1.82, 2.24) is 0 Å². The van der Waals surface area contributed by atoms with Crippen LogP contribution in [0.5, 0.6) is 0 Å². The first-order valence-corrected chi connectivity index (χ1v) is 8.45. The van der Waals surface area contributed by atoms with Crippen LogP contribution in [-0.2, 0) is 21.2 Å². The molecule has 2 aromatic carbocycles. The monoisotopic (exact) mass is 330 g/mol. The molecule has 124 valence electrons. The van der Waals surface area contributed by atoms with E-state index in [9.17, 15) is 4.79 Å². The lowest BCUT2D eigenvalue weighted by Crippen LogP contribution is -2.43. The van der Waals surface area contributed by atoms with Gasteiger partial charge in [-0.3, -0.25) is 9.22 Å². The Balaban J connectivity index is 1.77. The summed E-state index contributed by atoms with van der Waals surface area (Å²) in [6.07, 6.45) is 8.51. The Bertz CT molecular complexity index is 877. The fourth-order valence-electron chi connectivity index (χ4n) is 3.62. The van der Waals surface area contributed by atoms with E-state index in [0.717, 1.165) is 22.6 Å². The number of ketones is 1. The molecule has 0 fully saturated rings. The van der Waals surface area contributed by atoms with E-state index in [0.29, 0.717) is 13.0 Å². The molecule has 1 amide bonds. The summed E-state index contributed by atoms with van der Waals surface area (Å²) in [4.78, 5) is 14.9. The topological polar surface area (TPSA) is 31.6 Å². The number of fused-ring (bicyclic) bond motifs is 2. The van der Waals surface area contributed by atoms with Crippen LogP contribution in [0.3, 0.4) is 0 Å². The Labute approximate surface area is 147 Å². The van der Waals surface area contributed by atoms with E-state index >= 15 is 0 Å². The van der Waals surface area contributed by atoms with Crippen LogP contribution in [0.25, 0.3) is 0 Å². The molecule has 1 spiro atoms. The number of hydrogen-bond donors (Lipinski definition) is 0. The van der Waals surface area contributed by atoms with Gasteiger partial charge < -0.3 is 4.90 Å². The molecule has 0 N–H and O–H groups in total. The van der Waals surface area contributed by atoms with Crippen LogP contribution >= 0.6 is 0 Å². The number of carbonyl (C=O) groups is 1. The first-order valence-electron chi connectivity index (χ1n) is 8.45. The largest absolute Gasteiger partial charge is 0.342 e. The van der Waals surface area contributed by atoms with Crippen LogP contribution in [0.4, 0.5) is 5.69 Å². The minimum atomic E-state index is -0.386. The highest BCUT2D eigenvalue weighted by Gasteiger charge is 2.41. The molecule has 1 aliphatic carbocycles. The molecule has 1 aliphatic heterocycles. The SMILES string of the molecule is C[O+]=C1C=CC2(C=C1)CC(=O)N(Cc1ccccc1)c1ccccc12. The zero-order valence-electron chi connectivity index (χ0n) is 14.2. The molecular formula is C22H20NO2+. The normalized spacial score (nSPS) is 21.6. The molecule has 0 radical (unpaired) electrons. The van der Waals surface area contributed by atoms with E-state index in [1.54, 1.807) is 7.11 Å². The molecule has 3 heteroatoms. The van der Waals surface area contributed by atoms with Crippen LogP contribution in [0, 0.1) is 0 Å². The van der Waals surface area contributed by atoms with Gasteiger partial charge in [0.05, 0.1) is 6.54 Å². The number of carbonyl (C=O) groups excluding carboxylic acids is 2. The van der Waals surface area contributed by atoms with Gasteiger partial charge in [0.1, 0.15) is 0 Å². The van der Waals surface area contributed by atoms with Gasteiger partial charge in [0, 0.05) is 29.7 Å². The van der Waals surface area contributed by atoms with Gasteiger partial charge >= 0.3 is 5.78 Å². The molecule has 0 atom stereocenters. The summed E-state index contributed by atoms with van der Waals surface area (Å²) >= 11 is 0. The summed E-state index contributed by atoms with van der Waals surface area (Å²) in [5, 5.41) is 0. The molecule has 2 aromatic rings. The van der Waals surface area contributed by atoms with Gasteiger partial charge in [-0.05, 0) is 17.2 Å². The van der Waals surface area contributed by atoms with E-state index in [2.05, 4.69) is 30.4 Å². The summed E-state index contributed by atoms with van der Waals surface area (Å²) in [6, 6.07) is 18.3. The Morgan fingerprint density at radius 3 is 2.40 bits per heavy atom. The van der Waals surface area contributed by atoms with E-state index in [1.807, 2.05) is 53.5 Å². The molecular weight excluding hydrogens is 310 g/mol. The van der Waals surface area contributed by atoms with Gasteiger partial charge in [0.25, 0.3) is 7.11 Å². The van der Waals surface area contributed by atoms with Crippen molar-refractivity contribution in [2.75, 3.05) is 12.0 Å². The molecule has 0 saturated heterocycles. The first-order chi connectivity index (χ1) is 12.2. The maximum Gasteiger partial charge on any atom is 0.342 e. The maximum atomic E-state index is 13.0. The predicted octanol–water partition coefficient (Wildman–Crippen LogP) is 3.72. The van der Waals surface area contributed by atoms with Crippen molar-refractivity contribution < 1.29 is 9.22 Å². The van der Waals surface area contributed by atoms with Crippen molar-refractivity contribution in [1.29, 1.82) is 0 Å². The van der Waals surface area contributed by atoms with Gasteiger partial charge in [-0.25, -0.2) is 0 Å². The third-order valence-electron chi connectivity index (χ3n) is 4.95. The van der Waals surface area contributed by atoms with Crippen LogP contribution in [0.2, 0.25) is 0 Å². The van der Waals surface area contributed by atoms with Crippen LogP contribution in [0.1, 0.15) is 17.5 Å². The number of benzene rings is 2. The average molecular weight is 330 g/mol. The van der Waals surface area contributed by atoms with Gasteiger partial charge in [-0.2, -0.15) is 0 Å². The number of rotatable bonds is 2. The standard InChI is InChI=1S/C22H20NO2/c1-25-18-11-13-22(14-12-18)15-21(24)23(16-17-7-3-2-4-8-17)20-10-6-5-9-19(20)22/h2-14H,15-16H2,1H3/q+1. The van der Waals surface area contributed by atoms with Crippen molar-refractivity contribution >= 4 is 17.4 Å². The lowest BCUT2D eigenvalue weighted by Gasteiger charge is -2.40. The molecule has 0 unspecified atom stereocenters. The highest BCUT2D eigenvalue weighted by molar-refractivity contribution is 6.04. The average Bonchev–Trinajstić information content (AvgIpc) is 2.67. The Hall–Kier alpha value is -2.94. The third-order valence-corrected chi connectivity index (χ3v) is 4.95. The second kappa shape index (κ2) is 6.17. The smallest absolute Gasteiger partial charge is 0.308 e. The van der Waals surface area contributed by atoms with Crippen molar-refractivity contribution in [3.05, 3.63) is 90.0 Å². The predicted molar refractivity (Wildman–Crippen MR) is 99.6 cm³/mol. The van der Waals surface area contributed by atoms with Crippen molar-refractivity contribution in [2.45, 2.75) is 18.4 Å². The third kappa shape index (κ3) is 2.72. The summed E-state index contributed by atoms with van der Waals surface area (Å²) in [5.41, 5.74) is 2.89. The van der Waals surface area contributed by atoms with Crippen molar-refractivity contribution in [3.8, 4) is 0 Å². The highest BCUT2D eigenvalue weighted by Crippen LogP contribution is 2.44. The fourth-order valence-corrected chi connectivity index (χ4v) is 3.62. The molecule has 0 aromatic heterocycles. The van der Waals surface area contributed by atoms with E-state index in [1.165, 1.54) is 0 Å². The summed E-state index contributed by atoms with van der Waals surface area (Å²) < 4.78 is 5.29. The van der Waals surface area contributed by atoms with E-state index in [4.69, 9.17) is 4.42 Å². The number of hydrogen-bond acceptors (Lipinski definition) is 1. The number of allylic oxidation sites excluding steroid dienone is 4. The Kier molecular flexibility index (Phi) is 3.85. The summed E-state index contributed by atoms with van der Waals surface area (Å²) in [5.74, 6) is 0.944. The molecule has 3 nitrogen and oxygen atoms in total. The molecule has 25 heavy (non-hydrogen) atoms.